The van der Waals surface area contributed by atoms with Crippen molar-refractivity contribution >= 4 is 0 Å². The highest BCUT2D eigenvalue weighted by molar-refractivity contribution is 5.57. The third-order valence-electron chi connectivity index (χ3n) is 4.83. The number of aromatic nitrogens is 5. The highest BCUT2D eigenvalue weighted by Crippen LogP contribution is 2.36. The van der Waals surface area contributed by atoms with Crippen LogP contribution in [-0.4, -0.2) is 42.4 Å². The Morgan fingerprint density at radius 3 is 2.75 bits per heavy atom. The van der Waals surface area contributed by atoms with Crippen LogP contribution in [0.25, 0.3) is 11.3 Å². The first-order chi connectivity index (χ1) is 13.5. The molecule has 0 aliphatic carbocycles. The lowest BCUT2D eigenvalue weighted by Gasteiger charge is -2.15. The fourth-order valence-corrected chi connectivity index (χ4v) is 3.32. The molecule has 1 fully saturated rings. The minimum Gasteiger partial charge on any atom is -0.394 e. The summed E-state index contributed by atoms with van der Waals surface area (Å²) in [6, 6.07) is 5.51. The molecular formula is C18H18FN5O4. The Bertz CT molecular complexity index is 1100. The number of aromatic amines is 1. The summed E-state index contributed by atoms with van der Waals surface area (Å²) in [6.07, 6.45) is 2.21. The van der Waals surface area contributed by atoms with Gasteiger partial charge in [0.05, 0.1) is 18.8 Å². The third kappa shape index (κ3) is 3.27. The maximum Gasteiger partial charge on any atom is 0.330 e. The van der Waals surface area contributed by atoms with Crippen LogP contribution in [0.2, 0.25) is 0 Å². The van der Waals surface area contributed by atoms with Crippen LogP contribution in [0.4, 0.5) is 4.39 Å². The minimum atomic E-state index is -0.663. The molecular weight excluding hydrogens is 369 g/mol. The quantitative estimate of drug-likeness (QED) is 0.683. The van der Waals surface area contributed by atoms with Crippen molar-refractivity contribution in [2.24, 2.45) is 0 Å². The molecule has 1 aliphatic heterocycles. The van der Waals surface area contributed by atoms with Gasteiger partial charge in [-0.3, -0.25) is 14.3 Å². The second kappa shape index (κ2) is 7.13. The number of nitrogens with one attached hydrogen (secondary N) is 1. The number of aliphatic hydroxyl groups excluding tert-OH is 1. The van der Waals surface area contributed by atoms with Gasteiger partial charge in [0.2, 0.25) is 0 Å². The number of rotatable bonds is 4. The second-order valence-electron chi connectivity index (χ2n) is 6.68. The maximum absolute atomic E-state index is 13.1. The molecule has 2 N–H and O–H groups in total. The topological polar surface area (TPSA) is 115 Å². The van der Waals surface area contributed by atoms with E-state index in [1.54, 1.807) is 29.9 Å². The molecule has 0 radical (unpaired) electrons. The summed E-state index contributed by atoms with van der Waals surface area (Å²) >= 11 is 0. The average molecular weight is 387 g/mol. The molecule has 9 nitrogen and oxygen atoms in total. The van der Waals surface area contributed by atoms with Crippen molar-refractivity contribution in [3.8, 4) is 11.3 Å². The molecule has 3 aromatic rings. The summed E-state index contributed by atoms with van der Waals surface area (Å²) in [6.45, 7) is 1.32. The second-order valence-corrected chi connectivity index (χ2v) is 6.68. The predicted octanol–water partition coefficient (Wildman–Crippen LogP) is 0.764. The van der Waals surface area contributed by atoms with Gasteiger partial charge in [0.25, 0.3) is 5.56 Å². The summed E-state index contributed by atoms with van der Waals surface area (Å²) < 4.78 is 21.8. The maximum atomic E-state index is 13.1. The Morgan fingerprint density at radius 2 is 2.04 bits per heavy atom. The van der Waals surface area contributed by atoms with E-state index in [9.17, 15) is 19.1 Å². The van der Waals surface area contributed by atoms with Gasteiger partial charge >= 0.3 is 5.69 Å². The molecule has 1 aliphatic rings. The van der Waals surface area contributed by atoms with Crippen LogP contribution in [0.1, 0.15) is 24.3 Å². The number of hydrogen-bond donors (Lipinski definition) is 2. The lowest BCUT2D eigenvalue weighted by Crippen LogP contribution is -2.33. The molecule has 28 heavy (non-hydrogen) atoms. The normalized spacial score (nSPS) is 21.9. The zero-order valence-electron chi connectivity index (χ0n) is 14.9. The molecule has 4 rings (SSSR count). The van der Waals surface area contributed by atoms with Crippen LogP contribution < -0.4 is 11.2 Å². The summed E-state index contributed by atoms with van der Waals surface area (Å²) in [7, 11) is 0. The van der Waals surface area contributed by atoms with E-state index >= 15 is 0 Å². The van der Waals surface area contributed by atoms with Gasteiger partial charge in [0.15, 0.2) is 0 Å². The number of hydrogen-bond acceptors (Lipinski definition) is 6. The molecule has 0 spiro atoms. The Labute approximate surface area is 158 Å². The van der Waals surface area contributed by atoms with E-state index in [0.717, 1.165) is 0 Å². The van der Waals surface area contributed by atoms with E-state index in [2.05, 4.69) is 15.3 Å². The first-order valence-electron chi connectivity index (χ1n) is 8.72. The Kier molecular flexibility index (Phi) is 4.65. The highest BCUT2D eigenvalue weighted by atomic mass is 19.1. The van der Waals surface area contributed by atoms with Crippen molar-refractivity contribution in [3.63, 3.8) is 0 Å². The van der Waals surface area contributed by atoms with Crippen molar-refractivity contribution < 1.29 is 14.2 Å². The fraction of sp³-hybridized carbons (Fsp3) is 0.333. The number of H-pyrrole nitrogens is 1. The number of aliphatic hydroxyl groups is 1. The van der Waals surface area contributed by atoms with Gasteiger partial charge in [0.1, 0.15) is 23.8 Å². The van der Waals surface area contributed by atoms with E-state index in [4.69, 9.17) is 4.74 Å². The largest absolute Gasteiger partial charge is 0.394 e. The van der Waals surface area contributed by atoms with Crippen molar-refractivity contribution in [1.82, 2.24) is 24.5 Å². The Hall–Kier alpha value is -3.11. The van der Waals surface area contributed by atoms with Crippen LogP contribution in [0.3, 0.4) is 0 Å². The fourth-order valence-electron chi connectivity index (χ4n) is 3.32. The van der Waals surface area contributed by atoms with Crippen molar-refractivity contribution in [2.75, 3.05) is 6.61 Å². The van der Waals surface area contributed by atoms with E-state index in [1.165, 1.54) is 22.9 Å². The number of nitrogens with zero attached hydrogens (tertiary/aromatic N) is 4. The molecule has 1 aromatic carbocycles. The number of ether oxygens (including phenoxy) is 1. The zero-order valence-corrected chi connectivity index (χ0v) is 14.9. The smallest absolute Gasteiger partial charge is 0.330 e. The van der Waals surface area contributed by atoms with Crippen molar-refractivity contribution in [1.29, 1.82) is 0 Å². The molecule has 2 aromatic heterocycles. The molecule has 0 amide bonds. The highest BCUT2D eigenvalue weighted by Gasteiger charge is 2.38. The van der Waals surface area contributed by atoms with Gasteiger partial charge in [-0.15, -0.1) is 5.10 Å². The predicted molar refractivity (Wildman–Crippen MR) is 96.1 cm³/mol. The van der Waals surface area contributed by atoms with Gasteiger partial charge in [-0.1, -0.05) is 5.21 Å². The number of aryl methyl sites for hydroxylation is 1. The van der Waals surface area contributed by atoms with Gasteiger partial charge in [-0.2, -0.15) is 0 Å². The number of benzene rings is 1. The van der Waals surface area contributed by atoms with E-state index in [0.29, 0.717) is 23.2 Å². The molecule has 0 bridgehead atoms. The first-order valence-corrected chi connectivity index (χ1v) is 8.72. The zero-order chi connectivity index (χ0) is 19.8. The average Bonchev–Trinajstić information content (AvgIpc) is 3.32. The minimum absolute atomic E-state index is 0.274. The lowest BCUT2D eigenvalue weighted by atomic mass is 10.1. The number of halogens is 1. The van der Waals surface area contributed by atoms with Crippen molar-refractivity contribution in [2.45, 2.75) is 31.7 Å². The SMILES string of the molecule is Cc1cn(C2C[C@H](n3cc(-c4ccc(F)cc4)nn3)[C@@H](CO)O2)c(=O)[nH]c1=O. The molecule has 3 atom stereocenters. The molecule has 146 valence electrons. The van der Waals surface area contributed by atoms with Gasteiger partial charge in [-0.25, -0.2) is 13.9 Å². The summed E-state index contributed by atoms with van der Waals surface area (Å²) in [5, 5.41) is 17.9. The summed E-state index contributed by atoms with van der Waals surface area (Å²) in [5.41, 5.74) is 0.609. The molecule has 10 heteroatoms. The summed E-state index contributed by atoms with van der Waals surface area (Å²) in [5.74, 6) is -0.342. The third-order valence-corrected chi connectivity index (χ3v) is 4.83. The van der Waals surface area contributed by atoms with Crippen LogP contribution in [-0.2, 0) is 4.74 Å². The van der Waals surface area contributed by atoms with Crippen LogP contribution >= 0.6 is 0 Å². The molecule has 1 saturated heterocycles. The van der Waals surface area contributed by atoms with E-state index in [1.807, 2.05) is 0 Å². The Morgan fingerprint density at radius 1 is 1.29 bits per heavy atom. The van der Waals surface area contributed by atoms with E-state index < -0.39 is 23.6 Å². The van der Waals surface area contributed by atoms with Crippen LogP contribution in [0, 0.1) is 12.7 Å². The van der Waals surface area contributed by atoms with Crippen LogP contribution in [0.5, 0.6) is 0 Å². The molecule has 0 saturated carbocycles. The van der Waals surface area contributed by atoms with Gasteiger partial charge in [-0.05, 0) is 31.2 Å². The lowest BCUT2D eigenvalue weighted by molar-refractivity contribution is -0.0323. The molecule has 3 heterocycles. The standard InChI is InChI=1S/C18H18FN5O4/c1-10-7-23(18(27)20-17(10)26)16-6-14(15(9-25)28-16)24-8-13(21-22-24)11-2-4-12(19)5-3-11/h2-5,7-8,14-16,25H,6,9H2,1H3,(H,20,26,27)/t14-,15+,16?/m0/s1. The monoisotopic (exact) mass is 387 g/mol. The van der Waals surface area contributed by atoms with Gasteiger partial charge in [0, 0.05) is 23.7 Å². The molecule has 1 unspecified atom stereocenters. The van der Waals surface area contributed by atoms with Crippen molar-refractivity contribution in [3.05, 3.63) is 68.9 Å². The van der Waals surface area contributed by atoms with Crippen LogP contribution in [0.15, 0.2) is 46.2 Å². The Balaban J connectivity index is 1.62. The summed E-state index contributed by atoms with van der Waals surface area (Å²) in [4.78, 5) is 26.0. The van der Waals surface area contributed by atoms with Gasteiger partial charge < -0.3 is 9.84 Å². The van der Waals surface area contributed by atoms with E-state index in [-0.39, 0.29) is 18.5 Å². The first kappa shape index (κ1) is 18.3.